The zero-order valence-electron chi connectivity index (χ0n) is 8.04. The molecule has 1 aliphatic carbocycles. The highest BCUT2D eigenvalue weighted by molar-refractivity contribution is 5.23. The number of nitrogens with zero attached hydrogens (tertiary/aromatic N) is 3. The van der Waals surface area contributed by atoms with Crippen molar-refractivity contribution in [2.24, 2.45) is 7.05 Å². The van der Waals surface area contributed by atoms with Crippen molar-refractivity contribution in [2.45, 2.75) is 25.4 Å². The molecule has 0 saturated heterocycles. The lowest BCUT2D eigenvalue weighted by Crippen LogP contribution is -2.18. The standard InChI is InChI=1S/C8H15N5/c1-9-8-12-11-7(13(8)2)5-10-6-3-4-6/h6,10H,3-5H2,1-2H3,(H,9,12). The predicted octanol–water partition coefficient (Wildman–Crippen LogP) is 0.109. The van der Waals surface area contributed by atoms with Crippen LogP contribution in [0.5, 0.6) is 0 Å². The Balaban J connectivity index is 1.97. The van der Waals surface area contributed by atoms with E-state index in [2.05, 4.69) is 20.8 Å². The van der Waals surface area contributed by atoms with Gasteiger partial charge in [-0.3, -0.25) is 4.57 Å². The summed E-state index contributed by atoms with van der Waals surface area (Å²) >= 11 is 0. The lowest BCUT2D eigenvalue weighted by Gasteiger charge is -2.03. The Bertz CT molecular complexity index is 289. The molecule has 0 amide bonds. The zero-order chi connectivity index (χ0) is 9.26. The minimum absolute atomic E-state index is 0.717. The van der Waals surface area contributed by atoms with Crippen molar-refractivity contribution in [2.75, 3.05) is 12.4 Å². The van der Waals surface area contributed by atoms with E-state index in [1.54, 1.807) is 0 Å². The van der Waals surface area contributed by atoms with E-state index in [0.717, 1.165) is 24.4 Å². The molecule has 1 aromatic rings. The fourth-order valence-electron chi connectivity index (χ4n) is 1.26. The third kappa shape index (κ3) is 1.80. The van der Waals surface area contributed by atoms with E-state index < -0.39 is 0 Å². The van der Waals surface area contributed by atoms with Gasteiger partial charge < -0.3 is 10.6 Å². The number of hydrogen-bond donors (Lipinski definition) is 2. The van der Waals surface area contributed by atoms with Crippen LogP contribution in [0.25, 0.3) is 0 Å². The van der Waals surface area contributed by atoms with Gasteiger partial charge >= 0.3 is 0 Å². The summed E-state index contributed by atoms with van der Waals surface area (Å²) in [6.07, 6.45) is 2.60. The number of aromatic nitrogens is 3. The van der Waals surface area contributed by atoms with Gasteiger partial charge in [0.15, 0.2) is 0 Å². The predicted molar refractivity (Wildman–Crippen MR) is 50.4 cm³/mol. The van der Waals surface area contributed by atoms with Crippen LogP contribution in [-0.4, -0.2) is 27.9 Å². The first kappa shape index (κ1) is 8.50. The summed E-state index contributed by atoms with van der Waals surface area (Å²) < 4.78 is 1.97. The number of rotatable bonds is 4. The third-order valence-corrected chi connectivity index (χ3v) is 2.31. The second kappa shape index (κ2) is 3.33. The Morgan fingerprint density at radius 2 is 2.23 bits per heavy atom. The lowest BCUT2D eigenvalue weighted by molar-refractivity contribution is 0.634. The van der Waals surface area contributed by atoms with E-state index in [9.17, 15) is 0 Å². The normalized spacial score (nSPS) is 16.2. The van der Waals surface area contributed by atoms with Crippen molar-refractivity contribution < 1.29 is 0 Å². The first-order valence-electron chi connectivity index (χ1n) is 4.60. The Hall–Kier alpha value is -1.10. The van der Waals surface area contributed by atoms with Crippen molar-refractivity contribution in [1.29, 1.82) is 0 Å². The van der Waals surface area contributed by atoms with Crippen LogP contribution in [0.4, 0.5) is 5.95 Å². The number of nitrogens with one attached hydrogen (secondary N) is 2. The van der Waals surface area contributed by atoms with Crippen molar-refractivity contribution in [3.05, 3.63) is 5.82 Å². The molecule has 1 fully saturated rings. The maximum absolute atomic E-state index is 4.07. The Morgan fingerprint density at radius 3 is 2.77 bits per heavy atom. The fraction of sp³-hybridized carbons (Fsp3) is 0.750. The SMILES string of the molecule is CNc1nnc(CNC2CC2)n1C. The van der Waals surface area contributed by atoms with Crippen LogP contribution in [0.2, 0.25) is 0 Å². The van der Waals surface area contributed by atoms with Gasteiger partial charge in [0.2, 0.25) is 5.95 Å². The van der Waals surface area contributed by atoms with E-state index in [4.69, 9.17) is 0 Å². The highest BCUT2D eigenvalue weighted by Gasteiger charge is 2.21. The average Bonchev–Trinajstić information content (AvgIpc) is 2.89. The summed E-state index contributed by atoms with van der Waals surface area (Å²) in [5.74, 6) is 1.80. The summed E-state index contributed by atoms with van der Waals surface area (Å²) in [7, 11) is 3.82. The largest absolute Gasteiger partial charge is 0.357 e. The van der Waals surface area contributed by atoms with E-state index in [1.807, 2.05) is 18.7 Å². The number of anilines is 1. The maximum atomic E-state index is 4.07. The fourth-order valence-corrected chi connectivity index (χ4v) is 1.26. The first-order chi connectivity index (χ1) is 6.31. The second-order valence-electron chi connectivity index (χ2n) is 3.40. The van der Waals surface area contributed by atoms with Crippen LogP contribution >= 0.6 is 0 Å². The molecular weight excluding hydrogens is 166 g/mol. The van der Waals surface area contributed by atoms with E-state index in [-0.39, 0.29) is 0 Å². The highest BCUT2D eigenvalue weighted by Crippen LogP contribution is 2.19. The van der Waals surface area contributed by atoms with E-state index in [1.165, 1.54) is 12.8 Å². The molecular formula is C8H15N5. The van der Waals surface area contributed by atoms with Crippen LogP contribution in [0.1, 0.15) is 18.7 Å². The summed E-state index contributed by atoms with van der Waals surface area (Å²) in [5.41, 5.74) is 0. The van der Waals surface area contributed by atoms with Crippen LogP contribution in [0.15, 0.2) is 0 Å². The van der Waals surface area contributed by atoms with Crippen LogP contribution in [-0.2, 0) is 13.6 Å². The zero-order valence-corrected chi connectivity index (χ0v) is 8.04. The molecule has 1 saturated carbocycles. The molecule has 0 bridgehead atoms. The van der Waals surface area contributed by atoms with Crippen molar-refractivity contribution >= 4 is 5.95 Å². The maximum Gasteiger partial charge on any atom is 0.224 e. The highest BCUT2D eigenvalue weighted by atomic mass is 15.3. The molecule has 2 rings (SSSR count). The van der Waals surface area contributed by atoms with Gasteiger partial charge in [-0.25, -0.2) is 0 Å². The Labute approximate surface area is 77.5 Å². The van der Waals surface area contributed by atoms with Gasteiger partial charge in [-0.1, -0.05) is 0 Å². The molecule has 0 atom stereocenters. The summed E-state index contributed by atoms with van der Waals surface area (Å²) in [4.78, 5) is 0. The molecule has 0 spiro atoms. The van der Waals surface area contributed by atoms with Crippen LogP contribution < -0.4 is 10.6 Å². The van der Waals surface area contributed by atoms with Crippen molar-refractivity contribution in [3.8, 4) is 0 Å². The van der Waals surface area contributed by atoms with Gasteiger partial charge in [0.25, 0.3) is 0 Å². The molecule has 72 valence electrons. The van der Waals surface area contributed by atoms with E-state index >= 15 is 0 Å². The monoisotopic (exact) mass is 181 g/mol. The van der Waals surface area contributed by atoms with Crippen molar-refractivity contribution in [1.82, 2.24) is 20.1 Å². The first-order valence-corrected chi connectivity index (χ1v) is 4.60. The molecule has 1 aliphatic rings. The summed E-state index contributed by atoms with van der Waals surface area (Å²) in [6.45, 7) is 0.815. The summed E-state index contributed by atoms with van der Waals surface area (Å²) in [5, 5.41) is 14.4. The second-order valence-corrected chi connectivity index (χ2v) is 3.40. The molecule has 5 heteroatoms. The molecule has 0 radical (unpaired) electrons. The molecule has 5 nitrogen and oxygen atoms in total. The quantitative estimate of drug-likeness (QED) is 0.692. The molecule has 0 aromatic carbocycles. The van der Waals surface area contributed by atoms with Gasteiger partial charge in [-0.05, 0) is 12.8 Å². The minimum Gasteiger partial charge on any atom is -0.357 e. The van der Waals surface area contributed by atoms with Gasteiger partial charge in [0, 0.05) is 20.1 Å². The molecule has 2 N–H and O–H groups in total. The smallest absolute Gasteiger partial charge is 0.224 e. The molecule has 1 aromatic heterocycles. The molecule has 0 aliphatic heterocycles. The lowest BCUT2D eigenvalue weighted by atomic mass is 10.5. The van der Waals surface area contributed by atoms with Crippen LogP contribution in [0, 0.1) is 0 Å². The van der Waals surface area contributed by atoms with E-state index in [0.29, 0.717) is 0 Å². The third-order valence-electron chi connectivity index (χ3n) is 2.31. The summed E-state index contributed by atoms with van der Waals surface area (Å²) in [6, 6.07) is 0.717. The number of hydrogen-bond acceptors (Lipinski definition) is 4. The van der Waals surface area contributed by atoms with Gasteiger partial charge in [0.05, 0.1) is 6.54 Å². The Morgan fingerprint density at radius 1 is 1.46 bits per heavy atom. The van der Waals surface area contributed by atoms with Gasteiger partial charge in [0.1, 0.15) is 5.82 Å². The molecule has 0 unspecified atom stereocenters. The molecule has 1 heterocycles. The Kier molecular flexibility index (Phi) is 2.18. The molecule has 13 heavy (non-hydrogen) atoms. The topological polar surface area (TPSA) is 54.8 Å². The average molecular weight is 181 g/mol. The van der Waals surface area contributed by atoms with Crippen molar-refractivity contribution in [3.63, 3.8) is 0 Å². The van der Waals surface area contributed by atoms with Crippen LogP contribution in [0.3, 0.4) is 0 Å². The van der Waals surface area contributed by atoms with Gasteiger partial charge in [-0.15, -0.1) is 10.2 Å². The minimum atomic E-state index is 0.717. The van der Waals surface area contributed by atoms with Gasteiger partial charge in [-0.2, -0.15) is 0 Å².